The first-order valence-electron chi connectivity index (χ1n) is 8.70. The lowest BCUT2D eigenvalue weighted by Crippen LogP contribution is -2.62. The second kappa shape index (κ2) is 6.48. The number of hydrogen-bond acceptors (Lipinski definition) is 5. The van der Waals surface area contributed by atoms with Crippen LogP contribution in [-0.2, 0) is 16.1 Å². The predicted octanol–water partition coefficient (Wildman–Crippen LogP) is 3.15. The number of carbonyl (C=O) groups is 2. The molecule has 1 aliphatic carbocycles. The van der Waals surface area contributed by atoms with E-state index >= 15 is 0 Å². The van der Waals surface area contributed by atoms with E-state index in [1.807, 2.05) is 29.2 Å². The highest BCUT2D eigenvalue weighted by molar-refractivity contribution is 5.84. The van der Waals surface area contributed by atoms with Crippen LogP contribution in [0.15, 0.2) is 41.3 Å². The Morgan fingerprint density at radius 1 is 1.31 bits per heavy atom. The van der Waals surface area contributed by atoms with Crippen molar-refractivity contribution in [1.82, 2.24) is 9.88 Å². The second-order valence-electron chi connectivity index (χ2n) is 7.27. The van der Waals surface area contributed by atoms with Crippen LogP contribution >= 0.6 is 0 Å². The molecule has 2 aromatic rings. The first-order valence-corrected chi connectivity index (χ1v) is 8.70. The third kappa shape index (κ3) is 3.29. The van der Waals surface area contributed by atoms with Gasteiger partial charge in [0.2, 0.25) is 5.91 Å². The minimum Gasteiger partial charge on any atom is -0.445 e. The standard InChI is InChI=1S/C19H21N3O4/c1-13(23)22-10-19(11-22)6-15(7-19)14-2-4-16(5-3-14)21-18(24)25-9-17-8-20-12-26-17/h2-5,8,12,15H,6-7,9-11H2,1H3,(H,21,24). The molecule has 2 amide bonds. The highest BCUT2D eigenvalue weighted by atomic mass is 16.6. The van der Waals surface area contributed by atoms with Crippen LogP contribution in [0.1, 0.15) is 37.0 Å². The van der Waals surface area contributed by atoms with E-state index in [1.54, 1.807) is 6.92 Å². The van der Waals surface area contributed by atoms with E-state index < -0.39 is 6.09 Å². The van der Waals surface area contributed by atoms with Crippen LogP contribution < -0.4 is 5.32 Å². The molecule has 1 N–H and O–H groups in total. The van der Waals surface area contributed by atoms with Crippen LogP contribution in [0.3, 0.4) is 0 Å². The van der Waals surface area contributed by atoms with E-state index in [0.29, 0.717) is 22.8 Å². The van der Waals surface area contributed by atoms with Crippen molar-refractivity contribution in [1.29, 1.82) is 0 Å². The van der Waals surface area contributed by atoms with Gasteiger partial charge in [0, 0.05) is 31.1 Å². The number of amides is 2. The average Bonchev–Trinajstić information content (AvgIpc) is 3.05. The van der Waals surface area contributed by atoms with Gasteiger partial charge < -0.3 is 14.1 Å². The van der Waals surface area contributed by atoms with Crippen molar-refractivity contribution in [2.45, 2.75) is 32.3 Å². The van der Waals surface area contributed by atoms with Gasteiger partial charge in [0.25, 0.3) is 0 Å². The van der Waals surface area contributed by atoms with Gasteiger partial charge in [-0.1, -0.05) is 12.1 Å². The van der Waals surface area contributed by atoms with E-state index in [2.05, 4.69) is 10.3 Å². The van der Waals surface area contributed by atoms with E-state index in [-0.39, 0.29) is 12.5 Å². The first-order chi connectivity index (χ1) is 12.5. The number of benzene rings is 1. The van der Waals surface area contributed by atoms with Crippen molar-refractivity contribution in [3.05, 3.63) is 48.2 Å². The maximum Gasteiger partial charge on any atom is 0.412 e. The summed E-state index contributed by atoms with van der Waals surface area (Å²) in [5, 5.41) is 2.70. The Morgan fingerprint density at radius 2 is 2.04 bits per heavy atom. The van der Waals surface area contributed by atoms with Crippen molar-refractivity contribution in [3.8, 4) is 0 Å². The van der Waals surface area contributed by atoms with Crippen LogP contribution in [0, 0.1) is 5.41 Å². The predicted molar refractivity (Wildman–Crippen MR) is 93.4 cm³/mol. The fourth-order valence-electron chi connectivity index (χ4n) is 3.91. The van der Waals surface area contributed by atoms with E-state index in [9.17, 15) is 9.59 Å². The molecule has 1 spiro atoms. The summed E-state index contributed by atoms with van der Waals surface area (Å²) in [6.45, 7) is 3.47. The van der Waals surface area contributed by atoms with Crippen LogP contribution in [0.2, 0.25) is 0 Å². The van der Waals surface area contributed by atoms with Crippen molar-refractivity contribution in [3.63, 3.8) is 0 Å². The molecule has 1 aromatic heterocycles. The number of carbonyl (C=O) groups excluding carboxylic acids is 2. The summed E-state index contributed by atoms with van der Waals surface area (Å²) in [5.41, 5.74) is 2.31. The third-order valence-corrected chi connectivity index (χ3v) is 5.31. The molecule has 2 fully saturated rings. The molecule has 1 saturated carbocycles. The molecule has 4 rings (SSSR count). The average molecular weight is 355 g/mol. The number of rotatable bonds is 4. The van der Waals surface area contributed by atoms with Crippen LogP contribution in [-0.4, -0.2) is 35.0 Å². The van der Waals surface area contributed by atoms with Crippen molar-refractivity contribution in [2.24, 2.45) is 5.41 Å². The lowest BCUT2D eigenvalue weighted by atomic mass is 9.56. The summed E-state index contributed by atoms with van der Waals surface area (Å²) in [6, 6.07) is 7.87. The molecular weight excluding hydrogens is 334 g/mol. The smallest absolute Gasteiger partial charge is 0.412 e. The molecular formula is C19H21N3O4. The molecule has 1 aliphatic heterocycles. The van der Waals surface area contributed by atoms with Gasteiger partial charge in [-0.05, 0) is 36.5 Å². The number of oxazole rings is 1. The zero-order chi connectivity index (χ0) is 18.1. The van der Waals surface area contributed by atoms with Gasteiger partial charge in [-0.15, -0.1) is 0 Å². The van der Waals surface area contributed by atoms with E-state index in [4.69, 9.17) is 9.15 Å². The molecule has 0 unspecified atom stereocenters. The summed E-state index contributed by atoms with van der Waals surface area (Å²) < 4.78 is 10.1. The Balaban J connectivity index is 1.24. The topological polar surface area (TPSA) is 84.7 Å². The lowest BCUT2D eigenvalue weighted by Gasteiger charge is -2.59. The number of anilines is 1. The molecule has 136 valence electrons. The summed E-state index contributed by atoms with van der Waals surface area (Å²) in [7, 11) is 0. The molecule has 2 aliphatic rings. The van der Waals surface area contributed by atoms with Crippen molar-refractivity contribution in [2.75, 3.05) is 18.4 Å². The Labute approximate surface area is 151 Å². The summed E-state index contributed by atoms with van der Waals surface area (Å²) >= 11 is 0. The van der Waals surface area contributed by atoms with Gasteiger partial charge in [0.15, 0.2) is 18.8 Å². The number of likely N-dealkylation sites (tertiary alicyclic amines) is 1. The molecule has 1 aromatic carbocycles. The highest BCUT2D eigenvalue weighted by Crippen LogP contribution is 2.56. The maximum absolute atomic E-state index is 11.8. The van der Waals surface area contributed by atoms with Gasteiger partial charge in [0.05, 0.1) is 6.20 Å². The van der Waals surface area contributed by atoms with Crippen molar-refractivity contribution < 1.29 is 18.7 Å². The SMILES string of the molecule is CC(=O)N1CC2(CC(c3ccc(NC(=O)OCc4cnco4)cc3)C2)C1. The minimum atomic E-state index is -0.532. The normalized spacial score (nSPS) is 18.1. The van der Waals surface area contributed by atoms with Crippen molar-refractivity contribution >= 4 is 17.7 Å². The molecule has 26 heavy (non-hydrogen) atoms. The zero-order valence-electron chi connectivity index (χ0n) is 14.6. The van der Waals surface area contributed by atoms with Gasteiger partial charge in [-0.2, -0.15) is 0 Å². The lowest BCUT2D eigenvalue weighted by molar-refractivity contribution is -0.148. The molecule has 2 heterocycles. The number of ether oxygens (including phenoxy) is 1. The minimum absolute atomic E-state index is 0.0470. The van der Waals surface area contributed by atoms with Gasteiger partial charge >= 0.3 is 6.09 Å². The fraction of sp³-hybridized carbons (Fsp3) is 0.421. The highest BCUT2D eigenvalue weighted by Gasteiger charge is 2.53. The molecule has 0 radical (unpaired) electrons. The number of nitrogens with zero attached hydrogens (tertiary/aromatic N) is 2. The molecule has 1 saturated heterocycles. The third-order valence-electron chi connectivity index (χ3n) is 5.31. The monoisotopic (exact) mass is 355 g/mol. The molecule has 0 bridgehead atoms. The number of aromatic nitrogens is 1. The quantitative estimate of drug-likeness (QED) is 0.911. The van der Waals surface area contributed by atoms with Gasteiger partial charge in [0.1, 0.15) is 0 Å². The summed E-state index contributed by atoms with van der Waals surface area (Å²) in [4.78, 5) is 28.8. The molecule has 7 nitrogen and oxygen atoms in total. The Bertz CT molecular complexity index is 787. The van der Waals surface area contributed by atoms with E-state index in [0.717, 1.165) is 25.9 Å². The van der Waals surface area contributed by atoms with Crippen LogP contribution in [0.25, 0.3) is 0 Å². The van der Waals surface area contributed by atoms with E-state index in [1.165, 1.54) is 18.2 Å². The maximum atomic E-state index is 11.8. The summed E-state index contributed by atoms with van der Waals surface area (Å²) in [6.07, 6.45) is 4.52. The fourth-order valence-corrected chi connectivity index (χ4v) is 3.91. The number of nitrogens with one attached hydrogen (secondary N) is 1. The molecule has 0 atom stereocenters. The Hall–Kier alpha value is -2.83. The largest absolute Gasteiger partial charge is 0.445 e. The van der Waals surface area contributed by atoms with Crippen LogP contribution in [0.4, 0.5) is 10.5 Å². The second-order valence-corrected chi connectivity index (χ2v) is 7.27. The first kappa shape index (κ1) is 16.6. The number of hydrogen-bond donors (Lipinski definition) is 1. The van der Waals surface area contributed by atoms with Gasteiger partial charge in [-0.3, -0.25) is 10.1 Å². The van der Waals surface area contributed by atoms with Gasteiger partial charge in [-0.25, -0.2) is 9.78 Å². The Morgan fingerprint density at radius 3 is 2.65 bits per heavy atom. The molecule has 7 heteroatoms. The Kier molecular flexibility index (Phi) is 4.14. The summed E-state index contributed by atoms with van der Waals surface area (Å²) in [5.74, 6) is 1.20. The van der Waals surface area contributed by atoms with Crippen LogP contribution in [0.5, 0.6) is 0 Å². The zero-order valence-corrected chi connectivity index (χ0v) is 14.6.